The number of rotatable bonds is 6. The number of hydrogen-bond acceptors (Lipinski definition) is 3. The Morgan fingerprint density at radius 2 is 2.00 bits per heavy atom. The molecule has 1 heterocycles. The van der Waals surface area contributed by atoms with Crippen LogP contribution < -0.4 is 4.74 Å². The van der Waals surface area contributed by atoms with Gasteiger partial charge in [-0.3, -0.25) is 0 Å². The van der Waals surface area contributed by atoms with E-state index < -0.39 is 5.97 Å². The van der Waals surface area contributed by atoms with E-state index >= 15 is 0 Å². The van der Waals surface area contributed by atoms with Gasteiger partial charge >= 0.3 is 5.97 Å². The minimum absolute atomic E-state index is 0.0474. The maximum atomic E-state index is 11.3. The zero-order chi connectivity index (χ0) is 18.0. The van der Waals surface area contributed by atoms with E-state index in [2.05, 4.69) is 4.98 Å². The molecule has 0 radical (unpaired) electrons. The molecule has 0 saturated carbocycles. The summed E-state index contributed by atoms with van der Waals surface area (Å²) in [6.45, 7) is 2.44. The molecule has 2 N–H and O–H groups in total. The smallest absolute Gasteiger partial charge is 0.337 e. The average Bonchev–Trinajstić information content (AvgIpc) is 2.98. The highest BCUT2D eigenvalue weighted by atomic mass is 35.5. The van der Waals surface area contributed by atoms with Gasteiger partial charge in [-0.1, -0.05) is 23.7 Å². The molecule has 0 unspecified atom stereocenters. The van der Waals surface area contributed by atoms with Gasteiger partial charge in [0.25, 0.3) is 0 Å². The fourth-order valence-electron chi connectivity index (χ4n) is 2.76. The molecule has 130 valence electrons. The first kappa shape index (κ1) is 17.3. The van der Waals surface area contributed by atoms with E-state index in [1.54, 1.807) is 19.2 Å². The number of fused-ring (bicyclic) bond motifs is 1. The fourth-order valence-corrected chi connectivity index (χ4v) is 3.03. The lowest BCUT2D eigenvalue weighted by Gasteiger charge is -2.14. The van der Waals surface area contributed by atoms with Gasteiger partial charge in [-0.05, 0) is 36.8 Å². The highest BCUT2D eigenvalue weighted by Crippen LogP contribution is 2.34. The predicted octanol–water partition coefficient (Wildman–Crippen LogP) is 4.60. The number of carbonyl (C=O) groups is 1. The zero-order valence-corrected chi connectivity index (χ0v) is 14.6. The first-order valence-electron chi connectivity index (χ1n) is 7.79. The van der Waals surface area contributed by atoms with Crippen molar-refractivity contribution in [1.82, 2.24) is 4.98 Å². The van der Waals surface area contributed by atoms with Gasteiger partial charge in [0.15, 0.2) is 0 Å². The van der Waals surface area contributed by atoms with Crippen molar-refractivity contribution in [2.75, 3.05) is 13.7 Å². The number of aromatic nitrogens is 1. The van der Waals surface area contributed by atoms with E-state index in [0.717, 1.165) is 16.9 Å². The topological polar surface area (TPSA) is 71.6 Å². The minimum Gasteiger partial charge on any atom is -0.488 e. The largest absolute Gasteiger partial charge is 0.488 e. The van der Waals surface area contributed by atoms with Gasteiger partial charge in [0.1, 0.15) is 11.9 Å². The van der Waals surface area contributed by atoms with Gasteiger partial charge < -0.3 is 19.6 Å². The summed E-state index contributed by atoms with van der Waals surface area (Å²) in [4.78, 5) is 14.3. The number of carboxylic acid groups (broad SMARTS) is 1. The van der Waals surface area contributed by atoms with E-state index in [9.17, 15) is 9.90 Å². The van der Waals surface area contributed by atoms with Gasteiger partial charge in [-0.25, -0.2) is 4.79 Å². The molecule has 5 nitrogen and oxygen atoms in total. The number of hydrogen-bond donors (Lipinski definition) is 2. The third kappa shape index (κ3) is 3.62. The molecule has 2 aromatic carbocycles. The van der Waals surface area contributed by atoms with Crippen molar-refractivity contribution >= 4 is 28.5 Å². The number of benzene rings is 2. The van der Waals surface area contributed by atoms with E-state index in [1.807, 2.05) is 31.2 Å². The maximum Gasteiger partial charge on any atom is 0.337 e. The summed E-state index contributed by atoms with van der Waals surface area (Å²) in [5.74, 6) is -0.242. The Bertz CT molecular complexity index is 902. The Labute approximate surface area is 150 Å². The van der Waals surface area contributed by atoms with E-state index in [-0.39, 0.29) is 11.7 Å². The van der Waals surface area contributed by atoms with Crippen molar-refractivity contribution in [2.24, 2.45) is 0 Å². The Morgan fingerprint density at radius 1 is 1.28 bits per heavy atom. The Balaban J connectivity index is 1.94. The number of methoxy groups -OCH3 is 1. The molecule has 0 saturated heterocycles. The van der Waals surface area contributed by atoms with Crippen LogP contribution >= 0.6 is 11.6 Å². The molecule has 0 spiro atoms. The number of carboxylic acids is 1. The van der Waals surface area contributed by atoms with Crippen LogP contribution in [0.15, 0.2) is 42.6 Å². The summed E-state index contributed by atoms with van der Waals surface area (Å²) in [5, 5.41) is 10.5. The molecule has 0 fully saturated rings. The summed E-state index contributed by atoms with van der Waals surface area (Å²) in [6, 6.07) is 11.0. The summed E-state index contributed by atoms with van der Waals surface area (Å²) in [6.07, 6.45) is 1.43. The third-order valence-corrected chi connectivity index (χ3v) is 4.22. The van der Waals surface area contributed by atoms with Crippen molar-refractivity contribution in [2.45, 2.75) is 13.0 Å². The Hall–Kier alpha value is -2.50. The number of aromatic carboxylic acids is 1. The summed E-state index contributed by atoms with van der Waals surface area (Å²) >= 11 is 6.38. The van der Waals surface area contributed by atoms with E-state index in [4.69, 9.17) is 21.1 Å². The van der Waals surface area contributed by atoms with Crippen LogP contribution in [-0.4, -0.2) is 35.9 Å². The molecule has 1 aromatic heterocycles. The molecule has 0 amide bonds. The van der Waals surface area contributed by atoms with Crippen molar-refractivity contribution in [3.05, 3.63) is 53.2 Å². The van der Waals surface area contributed by atoms with Gasteiger partial charge in [0.05, 0.1) is 17.2 Å². The number of nitrogens with one attached hydrogen (secondary N) is 1. The van der Waals surface area contributed by atoms with Crippen LogP contribution in [0.1, 0.15) is 17.3 Å². The van der Waals surface area contributed by atoms with Crippen LogP contribution in [0.3, 0.4) is 0 Å². The number of H-pyrrole nitrogens is 1. The highest BCUT2D eigenvalue weighted by Gasteiger charge is 2.14. The minimum atomic E-state index is -0.976. The molecule has 3 rings (SSSR count). The van der Waals surface area contributed by atoms with Crippen molar-refractivity contribution in [3.8, 4) is 16.9 Å². The number of halogens is 1. The van der Waals surface area contributed by atoms with Crippen molar-refractivity contribution < 1.29 is 19.4 Å². The molecule has 6 heteroatoms. The molecule has 25 heavy (non-hydrogen) atoms. The lowest BCUT2D eigenvalue weighted by molar-refractivity contribution is 0.0699. The molecular weight excluding hydrogens is 342 g/mol. The molecule has 0 aliphatic carbocycles. The van der Waals surface area contributed by atoms with Crippen LogP contribution in [0.25, 0.3) is 22.0 Å². The van der Waals surface area contributed by atoms with Crippen LogP contribution in [0, 0.1) is 0 Å². The molecule has 3 aromatic rings. The lowest BCUT2D eigenvalue weighted by atomic mass is 10.0. The highest BCUT2D eigenvalue weighted by molar-refractivity contribution is 6.34. The van der Waals surface area contributed by atoms with Gasteiger partial charge in [0, 0.05) is 29.8 Å². The average molecular weight is 360 g/mol. The maximum absolute atomic E-state index is 11.3. The van der Waals surface area contributed by atoms with E-state index in [1.165, 1.54) is 6.20 Å². The number of aromatic amines is 1. The molecule has 1 atom stereocenters. The fraction of sp³-hybridized carbons (Fsp3) is 0.211. The van der Waals surface area contributed by atoms with Crippen LogP contribution in [0.5, 0.6) is 5.75 Å². The normalized spacial score (nSPS) is 12.3. The second kappa shape index (κ2) is 7.17. The van der Waals surface area contributed by atoms with Crippen molar-refractivity contribution in [1.29, 1.82) is 0 Å². The van der Waals surface area contributed by atoms with E-state index in [0.29, 0.717) is 22.5 Å². The van der Waals surface area contributed by atoms with Crippen LogP contribution in [-0.2, 0) is 4.74 Å². The van der Waals surface area contributed by atoms with Crippen molar-refractivity contribution in [3.63, 3.8) is 0 Å². The van der Waals surface area contributed by atoms with Crippen LogP contribution in [0.2, 0.25) is 5.02 Å². The van der Waals surface area contributed by atoms with Gasteiger partial charge in [-0.15, -0.1) is 0 Å². The predicted molar refractivity (Wildman–Crippen MR) is 97.7 cm³/mol. The second-order valence-electron chi connectivity index (χ2n) is 5.79. The second-order valence-corrected chi connectivity index (χ2v) is 6.20. The monoisotopic (exact) mass is 359 g/mol. The summed E-state index contributed by atoms with van der Waals surface area (Å²) < 4.78 is 10.8. The molecular formula is C19H18ClNO4. The van der Waals surface area contributed by atoms with Gasteiger partial charge in [-0.2, -0.15) is 0 Å². The Kier molecular flexibility index (Phi) is 4.97. The summed E-state index contributed by atoms with van der Waals surface area (Å²) in [5.41, 5.74) is 2.57. The molecule has 0 bridgehead atoms. The Morgan fingerprint density at radius 3 is 2.64 bits per heavy atom. The first-order chi connectivity index (χ1) is 12.0. The molecule has 0 aliphatic rings. The van der Waals surface area contributed by atoms with Gasteiger partial charge in [0.2, 0.25) is 0 Å². The van der Waals surface area contributed by atoms with Crippen LogP contribution in [0.4, 0.5) is 0 Å². The molecule has 0 aliphatic heterocycles. The number of ether oxygens (including phenoxy) is 2. The summed E-state index contributed by atoms with van der Waals surface area (Å²) in [7, 11) is 1.63. The zero-order valence-electron chi connectivity index (χ0n) is 13.9. The first-order valence-corrected chi connectivity index (χ1v) is 8.17. The third-order valence-electron chi connectivity index (χ3n) is 3.90. The standard InChI is InChI=1S/C19H18ClNO4/c1-11(10-24-2)25-13-5-3-12(4-6-13)14-7-15-16(19(22)23)9-21-18(15)8-17(14)20/h3-9,11,21H,10H2,1-2H3,(H,22,23)/t11-/m0/s1. The lowest BCUT2D eigenvalue weighted by Crippen LogP contribution is -2.17. The quantitative estimate of drug-likeness (QED) is 0.674. The SMILES string of the molecule is COC[C@H](C)Oc1ccc(-c2cc3c(C(=O)O)c[nH]c3cc2Cl)cc1.